The SMILES string of the molecule is CN[C@@H]1C(=O)C[C@@H](C)C(=O)N[C@H](C(=O)OC)CCCc2ccc(OC)c(c2)-c2cc1ccc2OC.COC(=O)[C@@H]1CCCc2ccc(OC)c(c2)-c2cc(ccc2OC)[C@H](N(C)C(=O)OC(C)(C)C)C(=O)C[C@@H](C)C(=O)N1. The largest absolute Gasteiger partial charge is 0.496 e. The number of nitrogens with one attached hydrogen (secondary N) is 3. The third-order valence-electron chi connectivity index (χ3n) is 13.6. The number of hydrogen-bond acceptors (Lipinski definition) is 15. The van der Waals surface area contributed by atoms with Crippen LogP contribution in [0.15, 0.2) is 72.8 Å². The number of likely N-dealkylation sites (N-methyl/N-ethyl adjacent to an activating group) is 2. The van der Waals surface area contributed by atoms with Gasteiger partial charge in [0.25, 0.3) is 0 Å². The number of carbonyl (C=O) groups is 7. The first-order chi connectivity index (χ1) is 36.6. The number of carbonyl (C=O) groups excluding carboxylic acids is 7. The summed E-state index contributed by atoms with van der Waals surface area (Å²) >= 11 is 0. The molecule has 0 saturated carbocycles. The molecule has 0 radical (unpaired) electrons. The minimum atomic E-state index is -1.07. The Hall–Kier alpha value is -7.47. The maximum atomic E-state index is 13.9. The van der Waals surface area contributed by atoms with E-state index >= 15 is 0 Å². The van der Waals surface area contributed by atoms with Crippen molar-refractivity contribution in [3.8, 4) is 45.3 Å². The lowest BCUT2D eigenvalue weighted by molar-refractivity contribution is -0.146. The number of rotatable bonds is 8. The van der Waals surface area contributed by atoms with Crippen LogP contribution in [0.3, 0.4) is 0 Å². The molecule has 18 nitrogen and oxygen atoms in total. The highest BCUT2D eigenvalue weighted by Gasteiger charge is 2.35. The second-order valence-electron chi connectivity index (χ2n) is 20.3. The summed E-state index contributed by atoms with van der Waals surface area (Å²) in [5.74, 6) is -1.24. The molecule has 0 fully saturated rings. The predicted molar refractivity (Wildman–Crippen MR) is 290 cm³/mol. The molecule has 3 amide bonds. The molecule has 2 heterocycles. The predicted octanol–water partition coefficient (Wildman–Crippen LogP) is 8.09. The maximum Gasteiger partial charge on any atom is 0.410 e. The first-order valence-corrected chi connectivity index (χ1v) is 25.8. The van der Waals surface area contributed by atoms with E-state index in [0.29, 0.717) is 72.6 Å². The van der Waals surface area contributed by atoms with E-state index in [9.17, 15) is 33.6 Å². The van der Waals surface area contributed by atoms with E-state index in [0.717, 1.165) is 33.4 Å². The van der Waals surface area contributed by atoms with Crippen molar-refractivity contribution in [3.63, 3.8) is 0 Å². The quantitative estimate of drug-likeness (QED) is 0.112. The Labute approximate surface area is 452 Å². The van der Waals surface area contributed by atoms with E-state index in [1.165, 1.54) is 26.2 Å². The molecule has 6 rings (SSSR count). The van der Waals surface area contributed by atoms with Crippen molar-refractivity contribution in [2.24, 2.45) is 11.8 Å². The Balaban J connectivity index is 0.000000289. The normalized spacial score (nSPS) is 20.4. The summed E-state index contributed by atoms with van der Waals surface area (Å²) in [5.41, 5.74) is 5.59. The van der Waals surface area contributed by atoms with Crippen molar-refractivity contribution in [3.05, 3.63) is 95.1 Å². The summed E-state index contributed by atoms with van der Waals surface area (Å²) in [6.45, 7) is 8.54. The third kappa shape index (κ3) is 15.6. The van der Waals surface area contributed by atoms with Gasteiger partial charge in [0, 0.05) is 54.0 Å². The van der Waals surface area contributed by atoms with Crippen LogP contribution in [0.5, 0.6) is 23.0 Å². The van der Waals surface area contributed by atoms with Crippen LogP contribution in [0, 0.1) is 11.8 Å². The molecule has 18 heteroatoms. The monoisotopic (exact) mass is 1060 g/mol. The van der Waals surface area contributed by atoms with E-state index in [1.807, 2.05) is 60.7 Å². The van der Waals surface area contributed by atoms with Crippen molar-refractivity contribution >= 4 is 41.4 Å². The summed E-state index contributed by atoms with van der Waals surface area (Å²) < 4.78 is 38.1. The van der Waals surface area contributed by atoms with Gasteiger partial charge in [-0.15, -0.1) is 0 Å². The minimum Gasteiger partial charge on any atom is -0.496 e. The molecule has 8 bridgehead atoms. The zero-order valence-corrected chi connectivity index (χ0v) is 46.7. The van der Waals surface area contributed by atoms with Crippen LogP contribution < -0.4 is 34.9 Å². The smallest absolute Gasteiger partial charge is 0.410 e. The Bertz CT molecular complexity index is 2770. The zero-order valence-electron chi connectivity index (χ0n) is 46.7. The summed E-state index contributed by atoms with van der Waals surface area (Å²) in [7, 11) is 12.1. The minimum absolute atomic E-state index is 0.0192. The highest BCUT2D eigenvalue weighted by molar-refractivity contribution is 5.95. The fourth-order valence-electron chi connectivity index (χ4n) is 9.49. The lowest BCUT2D eigenvalue weighted by Gasteiger charge is -2.31. The van der Waals surface area contributed by atoms with Gasteiger partial charge in [-0.25, -0.2) is 14.4 Å². The van der Waals surface area contributed by atoms with E-state index in [1.54, 1.807) is 82.2 Å². The molecule has 6 atom stereocenters. The number of amides is 3. The number of nitrogens with zero attached hydrogens (tertiary/aromatic N) is 1. The van der Waals surface area contributed by atoms with Crippen molar-refractivity contribution in [1.82, 2.24) is 20.9 Å². The summed E-state index contributed by atoms with van der Waals surface area (Å²) in [6, 6.07) is 19.3. The highest BCUT2D eigenvalue weighted by atomic mass is 16.6. The maximum absolute atomic E-state index is 13.9. The molecule has 0 spiro atoms. The van der Waals surface area contributed by atoms with Gasteiger partial charge in [0.2, 0.25) is 11.8 Å². The standard InChI is InChI=1S/C32H42N2O8.C27H34N2O6/c1-19-16-25(35)28(34(5)31(38)42-32(2,3)4)21-13-15-27(40-7)23(18-21)22-17-20(12-14-26(22)39-6)10-9-11-24(30(37)41-8)33-29(19)36;1-16-13-22(30)25(28-2)18-10-12-24(34-4)20(15-18)19-14-17(9-11-23(19)33-3)7-6-8-21(27(32)35-5)29-26(16)31/h12-15,17-19,24,28H,9-11,16H2,1-8H3,(H,33,36);9-12,14-16,21,25,28H,6-8,13H2,1-5H3,(H,29,31)/t19-,24+,28+;16-,21+,25+/m11/s1. The molecule has 3 N–H and O–H groups in total. The number of methoxy groups -OCH3 is 6. The van der Waals surface area contributed by atoms with Crippen LogP contribution in [-0.2, 0) is 55.8 Å². The molecule has 2 aliphatic heterocycles. The van der Waals surface area contributed by atoms with E-state index in [-0.39, 0.29) is 30.3 Å². The van der Waals surface area contributed by atoms with E-state index in [2.05, 4.69) is 16.0 Å². The number of benzene rings is 4. The van der Waals surface area contributed by atoms with Crippen molar-refractivity contribution in [1.29, 1.82) is 0 Å². The van der Waals surface area contributed by atoms with Gasteiger partial charge in [0.15, 0.2) is 11.6 Å². The van der Waals surface area contributed by atoms with Gasteiger partial charge < -0.3 is 49.1 Å². The second-order valence-corrected chi connectivity index (χ2v) is 20.3. The first-order valence-electron chi connectivity index (χ1n) is 25.8. The summed E-state index contributed by atoms with van der Waals surface area (Å²) in [4.78, 5) is 92.4. The molecule has 416 valence electrons. The second kappa shape index (κ2) is 27.5. The van der Waals surface area contributed by atoms with E-state index in [4.69, 9.17) is 33.2 Å². The average Bonchev–Trinajstić information content (AvgIpc) is 3.42. The molecule has 0 saturated heterocycles. The number of esters is 2. The van der Waals surface area contributed by atoms with Gasteiger partial charge in [-0.1, -0.05) is 38.1 Å². The van der Waals surface area contributed by atoms with Gasteiger partial charge >= 0.3 is 18.0 Å². The molecule has 77 heavy (non-hydrogen) atoms. The number of Topliss-reactive ketones (excluding diaryl/α,β-unsaturated/α-hetero) is 2. The molecule has 4 aromatic rings. The number of ether oxygens (including phenoxy) is 7. The van der Waals surface area contributed by atoms with Crippen LogP contribution in [0.4, 0.5) is 4.79 Å². The molecule has 0 aliphatic carbocycles. The summed E-state index contributed by atoms with van der Waals surface area (Å²) in [5, 5.41) is 8.61. The van der Waals surface area contributed by atoms with E-state index < -0.39 is 65.5 Å². The fourth-order valence-corrected chi connectivity index (χ4v) is 9.49. The molecular weight excluding hydrogens is 989 g/mol. The van der Waals surface area contributed by atoms with Crippen molar-refractivity contribution in [2.75, 3.05) is 56.8 Å². The van der Waals surface area contributed by atoms with Crippen LogP contribution in [0.2, 0.25) is 0 Å². The lowest BCUT2D eigenvalue weighted by atomic mass is 9.90. The van der Waals surface area contributed by atoms with Gasteiger partial charge in [0.1, 0.15) is 46.7 Å². The van der Waals surface area contributed by atoms with Crippen molar-refractivity contribution < 1.29 is 66.7 Å². The molecule has 4 aromatic carbocycles. The Morgan fingerprint density at radius 1 is 0.571 bits per heavy atom. The topological polar surface area (TPSA) is 223 Å². The molecule has 2 aliphatic rings. The lowest BCUT2D eigenvalue weighted by Crippen LogP contribution is -2.45. The van der Waals surface area contributed by atoms with Crippen LogP contribution in [0.25, 0.3) is 22.3 Å². The van der Waals surface area contributed by atoms with Gasteiger partial charge in [-0.2, -0.15) is 0 Å². The number of hydrogen-bond donors (Lipinski definition) is 3. The van der Waals surface area contributed by atoms with Gasteiger partial charge in [0.05, 0.1) is 48.7 Å². The number of aryl methyl sites for hydroxylation is 2. The number of ketones is 2. The summed E-state index contributed by atoms with van der Waals surface area (Å²) in [6.07, 6.45) is 2.48. The van der Waals surface area contributed by atoms with Crippen molar-refractivity contribution in [2.45, 2.75) is 116 Å². The Kier molecular flexibility index (Phi) is 21.6. The first kappa shape index (κ1) is 60.4. The van der Waals surface area contributed by atoms with Crippen LogP contribution in [0.1, 0.15) is 107 Å². The fraction of sp³-hybridized carbons (Fsp3) is 0.475. The van der Waals surface area contributed by atoms with Crippen LogP contribution >= 0.6 is 0 Å². The Morgan fingerprint density at radius 3 is 1.36 bits per heavy atom. The third-order valence-corrected chi connectivity index (χ3v) is 13.6. The zero-order chi connectivity index (χ0) is 56.7. The highest BCUT2D eigenvalue weighted by Crippen LogP contribution is 2.42. The van der Waals surface area contributed by atoms with Gasteiger partial charge in [-0.3, -0.25) is 24.1 Å². The van der Waals surface area contributed by atoms with Gasteiger partial charge in [-0.05, 0) is 137 Å². The molecule has 0 unspecified atom stereocenters. The van der Waals surface area contributed by atoms with Crippen LogP contribution in [-0.4, -0.2) is 121 Å². The molecular formula is C59H76N4O14. The average molecular weight is 1070 g/mol. The Morgan fingerprint density at radius 2 is 0.961 bits per heavy atom. The number of fused-ring (bicyclic) bond motifs is 10. The molecule has 0 aromatic heterocycles.